The molecule has 0 aliphatic heterocycles. The maximum absolute atomic E-state index is 11.5. The molecule has 0 heterocycles. The predicted octanol–water partition coefficient (Wildman–Crippen LogP) is 7.02. The van der Waals surface area contributed by atoms with E-state index in [-0.39, 0.29) is 13.2 Å². The van der Waals surface area contributed by atoms with Gasteiger partial charge in [-0.15, -0.1) is 0 Å². The molecule has 1 aliphatic rings. The molecule has 1 rings (SSSR count). The molecule has 2 amide bonds. The van der Waals surface area contributed by atoms with Gasteiger partial charge in [0.15, 0.2) is 0 Å². The van der Waals surface area contributed by atoms with Gasteiger partial charge in [0.1, 0.15) is 0 Å². The Morgan fingerprint density at radius 2 is 1.32 bits per heavy atom. The third-order valence-corrected chi connectivity index (χ3v) is 4.90. The van der Waals surface area contributed by atoms with E-state index in [9.17, 15) is 9.59 Å². The largest absolute Gasteiger partial charge is 0.356 e. The highest BCUT2D eigenvalue weighted by Gasteiger charge is 2.22. The minimum absolute atomic E-state index is 0. The van der Waals surface area contributed by atoms with Crippen LogP contribution in [-0.4, -0.2) is 24.4 Å². The van der Waals surface area contributed by atoms with Crippen LogP contribution >= 0.6 is 0 Å². The zero-order chi connectivity index (χ0) is 23.0. The first-order valence-corrected chi connectivity index (χ1v) is 12.6. The summed E-state index contributed by atoms with van der Waals surface area (Å²) in [4.78, 5) is 23.0. The lowest BCUT2D eigenvalue weighted by Crippen LogP contribution is -2.24. The van der Waals surface area contributed by atoms with Crippen LogP contribution in [0.25, 0.3) is 0 Å². The normalized spacial score (nSPS) is 13.5. The molecule has 4 nitrogen and oxygen atoms in total. The maximum atomic E-state index is 11.5. The molecule has 1 saturated carbocycles. The average molecular weight is 435 g/mol. The summed E-state index contributed by atoms with van der Waals surface area (Å²) in [7, 11) is 0. The fourth-order valence-electron chi connectivity index (χ4n) is 2.60. The van der Waals surface area contributed by atoms with Crippen LogP contribution in [0.5, 0.6) is 0 Å². The number of unbranched alkanes of at least 4 members (excludes halogenated alkanes) is 4. The van der Waals surface area contributed by atoms with Gasteiger partial charge < -0.3 is 10.6 Å². The van der Waals surface area contributed by atoms with E-state index in [1.165, 1.54) is 12.8 Å². The molecule has 180 valence electrons. The molecule has 0 aromatic heterocycles. The number of carbonyl (C=O) groups is 2. The molecule has 0 unspecified atom stereocenters. The molecular weight excluding hydrogens is 384 g/mol. The molecule has 1 aliphatic carbocycles. The van der Waals surface area contributed by atoms with E-state index in [1.54, 1.807) is 0 Å². The monoisotopic (exact) mass is 434 g/mol. The number of allylic oxidation sites excluding steroid dienone is 5. The summed E-state index contributed by atoms with van der Waals surface area (Å²) in [5.41, 5.74) is 0. The van der Waals surface area contributed by atoms with E-state index in [0.717, 1.165) is 70.8 Å². The molecule has 0 aromatic carbocycles. The first kappa shape index (κ1) is 29.2. The number of amides is 2. The topological polar surface area (TPSA) is 58.2 Å². The van der Waals surface area contributed by atoms with Gasteiger partial charge in [-0.2, -0.15) is 0 Å². The van der Waals surface area contributed by atoms with E-state index in [0.29, 0.717) is 18.9 Å². The second-order valence-corrected chi connectivity index (χ2v) is 8.22. The van der Waals surface area contributed by atoms with Crippen molar-refractivity contribution in [3.63, 3.8) is 0 Å². The molecule has 0 radical (unpaired) electrons. The summed E-state index contributed by atoms with van der Waals surface area (Å²) in [5.74, 6) is 0.376. The summed E-state index contributed by atoms with van der Waals surface area (Å²) in [5, 5.41) is 5.97. The molecule has 0 atom stereocenters. The number of hydrogen-bond acceptors (Lipinski definition) is 2. The quantitative estimate of drug-likeness (QED) is 0.191. The van der Waals surface area contributed by atoms with Crippen molar-refractivity contribution in [2.24, 2.45) is 0 Å². The van der Waals surface area contributed by atoms with Gasteiger partial charge in [-0.1, -0.05) is 82.9 Å². The molecular formula is C27H50N2O2. The van der Waals surface area contributed by atoms with Crippen LogP contribution in [0.15, 0.2) is 36.5 Å². The van der Waals surface area contributed by atoms with E-state index < -0.39 is 0 Å². The molecule has 4 heteroatoms. The Bertz CT molecular complexity index is 524. The second kappa shape index (κ2) is 22.8. The van der Waals surface area contributed by atoms with Gasteiger partial charge in [0.05, 0.1) is 0 Å². The van der Waals surface area contributed by atoms with E-state index in [4.69, 9.17) is 0 Å². The van der Waals surface area contributed by atoms with Crippen LogP contribution in [-0.2, 0) is 9.59 Å². The zero-order valence-corrected chi connectivity index (χ0v) is 20.5. The Kier molecular flexibility index (Phi) is 21.5. The van der Waals surface area contributed by atoms with Crippen LogP contribution in [0, 0.1) is 0 Å². The smallest absolute Gasteiger partial charge is 0.220 e. The van der Waals surface area contributed by atoms with Crippen molar-refractivity contribution in [2.45, 2.75) is 117 Å². The average Bonchev–Trinajstić information content (AvgIpc) is 3.58. The molecule has 0 bridgehead atoms. The fraction of sp³-hybridized carbons (Fsp3) is 0.704. The van der Waals surface area contributed by atoms with Crippen LogP contribution in [0.3, 0.4) is 0 Å². The Balaban J connectivity index is 0. The highest BCUT2D eigenvalue weighted by atomic mass is 16.2. The van der Waals surface area contributed by atoms with Gasteiger partial charge in [0.25, 0.3) is 0 Å². The third-order valence-electron chi connectivity index (χ3n) is 4.90. The molecule has 2 N–H and O–H groups in total. The summed E-state index contributed by atoms with van der Waals surface area (Å²) in [6, 6.07) is 0.474. The number of rotatable bonds is 17. The Hall–Kier alpha value is -1.84. The van der Waals surface area contributed by atoms with Crippen LogP contribution in [0.2, 0.25) is 0 Å². The Labute approximate surface area is 193 Å². The first-order valence-electron chi connectivity index (χ1n) is 12.6. The van der Waals surface area contributed by atoms with Crippen LogP contribution in [0.4, 0.5) is 0 Å². The highest BCUT2D eigenvalue weighted by Crippen LogP contribution is 2.18. The maximum Gasteiger partial charge on any atom is 0.220 e. The van der Waals surface area contributed by atoms with E-state index in [2.05, 4.69) is 67.9 Å². The number of nitrogens with one attached hydrogen (secondary N) is 2. The molecule has 0 saturated heterocycles. The van der Waals surface area contributed by atoms with Crippen molar-refractivity contribution >= 4 is 11.8 Å². The zero-order valence-electron chi connectivity index (χ0n) is 20.5. The van der Waals surface area contributed by atoms with Gasteiger partial charge >= 0.3 is 0 Å². The summed E-state index contributed by atoms with van der Waals surface area (Å²) in [6.07, 6.45) is 27.1. The summed E-state index contributed by atoms with van der Waals surface area (Å²) >= 11 is 0. The van der Waals surface area contributed by atoms with Crippen molar-refractivity contribution in [2.75, 3.05) is 6.54 Å². The predicted molar refractivity (Wildman–Crippen MR) is 136 cm³/mol. The van der Waals surface area contributed by atoms with Crippen molar-refractivity contribution in [1.82, 2.24) is 10.6 Å². The minimum Gasteiger partial charge on any atom is -0.356 e. The summed E-state index contributed by atoms with van der Waals surface area (Å²) in [6.45, 7) is 7.23. The third kappa shape index (κ3) is 24.3. The van der Waals surface area contributed by atoms with Gasteiger partial charge in [0, 0.05) is 26.9 Å². The van der Waals surface area contributed by atoms with E-state index >= 15 is 0 Å². The van der Waals surface area contributed by atoms with Crippen molar-refractivity contribution < 1.29 is 11.0 Å². The van der Waals surface area contributed by atoms with E-state index in [1.807, 2.05) is 0 Å². The molecule has 0 aromatic rings. The molecule has 31 heavy (non-hydrogen) atoms. The number of hydrogen-bond donors (Lipinski definition) is 2. The fourth-order valence-corrected chi connectivity index (χ4v) is 2.60. The minimum atomic E-state index is 0. The highest BCUT2D eigenvalue weighted by molar-refractivity contribution is 5.76. The first-order chi connectivity index (χ1) is 15.1. The SMILES string of the molecule is CCCC.CCCCCC(=O)NCC/C=C\C/C=C\C/C=C\CCCC(=O)NC1CC1.[HH]. The van der Waals surface area contributed by atoms with Gasteiger partial charge in [-0.05, 0) is 51.4 Å². The molecule has 0 spiro atoms. The van der Waals surface area contributed by atoms with Gasteiger partial charge in [0.2, 0.25) is 11.8 Å². The lowest BCUT2D eigenvalue weighted by molar-refractivity contribution is -0.122. The van der Waals surface area contributed by atoms with Gasteiger partial charge in [-0.3, -0.25) is 9.59 Å². The standard InChI is InChI=1S/C23H38N2O2.C4H10.H2/c1-2-3-13-16-22(26)24-20-15-12-10-8-6-4-5-7-9-11-14-17-23(27)25-21-18-19-21;1-3-4-2;/h4,6-7,9-10,12,21H,2-3,5,8,11,13-20H2,1H3,(H,24,26)(H,25,27);3-4H2,1-2H3;1H/b6-4-,9-7-,12-10-;;. The second-order valence-electron chi connectivity index (χ2n) is 8.22. The lowest BCUT2D eigenvalue weighted by Gasteiger charge is -2.02. The van der Waals surface area contributed by atoms with Crippen molar-refractivity contribution in [1.29, 1.82) is 0 Å². The van der Waals surface area contributed by atoms with Gasteiger partial charge in [-0.25, -0.2) is 0 Å². The Morgan fingerprint density at radius 3 is 1.90 bits per heavy atom. The number of carbonyl (C=O) groups excluding carboxylic acids is 2. The lowest BCUT2D eigenvalue weighted by atomic mass is 10.2. The Morgan fingerprint density at radius 1 is 0.742 bits per heavy atom. The summed E-state index contributed by atoms with van der Waals surface area (Å²) < 4.78 is 0. The molecule has 1 fully saturated rings. The van der Waals surface area contributed by atoms with Crippen molar-refractivity contribution in [3.05, 3.63) is 36.5 Å². The van der Waals surface area contributed by atoms with Crippen LogP contribution < -0.4 is 10.6 Å². The van der Waals surface area contributed by atoms with Crippen LogP contribution in [0.1, 0.15) is 112 Å². The van der Waals surface area contributed by atoms with Crippen molar-refractivity contribution in [3.8, 4) is 0 Å².